The maximum atomic E-state index is 13.3. The van der Waals surface area contributed by atoms with Crippen LogP contribution >= 0.6 is 0 Å². The van der Waals surface area contributed by atoms with Gasteiger partial charge in [-0.3, -0.25) is 5.32 Å². The largest absolute Gasteiger partial charge is 0.334 e. The molecule has 1 fully saturated rings. The Morgan fingerprint density at radius 3 is 2.93 bits per heavy atom. The number of halogens is 1. The molecule has 1 saturated carbocycles. The first-order valence-electron chi connectivity index (χ1n) is 8.97. The first-order valence-corrected chi connectivity index (χ1v) is 8.97. The van der Waals surface area contributed by atoms with E-state index in [0.29, 0.717) is 24.2 Å². The van der Waals surface area contributed by atoms with Crippen molar-refractivity contribution in [2.24, 2.45) is 5.92 Å². The number of aromatic nitrogens is 3. The summed E-state index contributed by atoms with van der Waals surface area (Å²) in [4.78, 5) is 12.3. The molecule has 3 unspecified atom stereocenters. The molecule has 7 heteroatoms. The van der Waals surface area contributed by atoms with Gasteiger partial charge in [-0.15, -0.1) is 5.10 Å². The molecular formula is C20H18FN5O. The molecule has 3 atom stereocenters. The zero-order valence-corrected chi connectivity index (χ0v) is 14.5. The molecule has 2 aliphatic rings. The fourth-order valence-electron chi connectivity index (χ4n) is 4.09. The fraction of sp³-hybridized carbons (Fsp3) is 0.250. The summed E-state index contributed by atoms with van der Waals surface area (Å²) in [6.45, 7) is 0.594. The van der Waals surface area contributed by atoms with Gasteiger partial charge >= 0.3 is 6.03 Å². The molecule has 2 amide bonds. The molecule has 0 radical (unpaired) electrons. The van der Waals surface area contributed by atoms with Crippen LogP contribution in [-0.4, -0.2) is 27.1 Å². The third kappa shape index (κ3) is 3.05. The highest BCUT2D eigenvalue weighted by Crippen LogP contribution is 2.56. The molecule has 0 bridgehead atoms. The predicted octanol–water partition coefficient (Wildman–Crippen LogP) is 2.93. The molecular weight excluding hydrogens is 345 g/mol. The normalized spacial score (nSPS) is 22.0. The van der Waals surface area contributed by atoms with Crippen LogP contribution < -0.4 is 10.6 Å². The first kappa shape index (κ1) is 16.0. The standard InChI is InChI=1S/C20H18FN5O/c21-14-6-7-15-13(8-14)9-16-18(15)19(16)23-20(27)22-17-11-26(25-24-17)10-12-4-2-1-3-5-12/h1-8,11,16,18-19H,9-10H2,(H2,22,23,27). The number of nitrogens with zero attached hydrogens (tertiary/aromatic N) is 3. The summed E-state index contributed by atoms with van der Waals surface area (Å²) in [5, 5.41) is 13.8. The Labute approximate surface area is 155 Å². The van der Waals surface area contributed by atoms with Gasteiger partial charge < -0.3 is 5.32 Å². The van der Waals surface area contributed by atoms with Crippen LogP contribution in [0, 0.1) is 11.7 Å². The minimum Gasteiger partial charge on any atom is -0.334 e. The summed E-state index contributed by atoms with van der Waals surface area (Å²) >= 11 is 0. The van der Waals surface area contributed by atoms with E-state index in [1.54, 1.807) is 16.9 Å². The molecule has 6 nitrogen and oxygen atoms in total. The van der Waals surface area contributed by atoms with Gasteiger partial charge in [0.1, 0.15) is 5.82 Å². The number of carbonyl (C=O) groups excluding carboxylic acids is 1. The fourth-order valence-corrected chi connectivity index (χ4v) is 4.09. The Kier molecular flexibility index (Phi) is 3.67. The molecule has 3 aromatic rings. The third-order valence-electron chi connectivity index (χ3n) is 5.35. The number of hydrogen-bond donors (Lipinski definition) is 2. The van der Waals surface area contributed by atoms with Gasteiger partial charge in [0.05, 0.1) is 12.7 Å². The van der Waals surface area contributed by atoms with Crippen LogP contribution in [0.2, 0.25) is 0 Å². The highest BCUT2D eigenvalue weighted by molar-refractivity contribution is 5.88. The molecule has 136 valence electrons. The average Bonchev–Trinajstić information content (AvgIpc) is 2.99. The number of urea groups is 1. The van der Waals surface area contributed by atoms with E-state index < -0.39 is 0 Å². The van der Waals surface area contributed by atoms with Gasteiger partial charge in [0.25, 0.3) is 0 Å². The Morgan fingerprint density at radius 2 is 2.07 bits per heavy atom. The Morgan fingerprint density at radius 1 is 1.22 bits per heavy atom. The molecule has 27 heavy (non-hydrogen) atoms. The molecule has 1 aromatic heterocycles. The van der Waals surface area contributed by atoms with Crippen LogP contribution in [0.5, 0.6) is 0 Å². The van der Waals surface area contributed by atoms with Crippen molar-refractivity contribution in [2.45, 2.75) is 24.9 Å². The molecule has 0 saturated heterocycles. The maximum Gasteiger partial charge on any atom is 0.320 e. The average molecular weight is 363 g/mol. The van der Waals surface area contributed by atoms with Crippen molar-refractivity contribution in [1.82, 2.24) is 20.3 Å². The van der Waals surface area contributed by atoms with E-state index in [2.05, 4.69) is 20.9 Å². The van der Waals surface area contributed by atoms with Crippen LogP contribution in [0.3, 0.4) is 0 Å². The second kappa shape index (κ2) is 6.19. The van der Waals surface area contributed by atoms with Crippen molar-refractivity contribution in [3.8, 4) is 0 Å². The second-order valence-electron chi connectivity index (χ2n) is 7.15. The van der Waals surface area contributed by atoms with Crippen molar-refractivity contribution < 1.29 is 9.18 Å². The van der Waals surface area contributed by atoms with E-state index in [-0.39, 0.29) is 17.9 Å². The van der Waals surface area contributed by atoms with Crippen LogP contribution in [0.4, 0.5) is 15.0 Å². The van der Waals surface area contributed by atoms with Crippen molar-refractivity contribution in [3.05, 3.63) is 77.2 Å². The van der Waals surface area contributed by atoms with Gasteiger partial charge in [-0.2, -0.15) is 0 Å². The van der Waals surface area contributed by atoms with Crippen molar-refractivity contribution in [1.29, 1.82) is 0 Å². The summed E-state index contributed by atoms with van der Waals surface area (Å²) < 4.78 is 15.0. The Hall–Kier alpha value is -3.22. The lowest BCUT2D eigenvalue weighted by Crippen LogP contribution is -2.33. The number of rotatable bonds is 4. The molecule has 2 aliphatic carbocycles. The number of amides is 2. The maximum absolute atomic E-state index is 13.3. The number of hydrogen-bond acceptors (Lipinski definition) is 3. The van der Waals surface area contributed by atoms with E-state index in [1.165, 1.54) is 6.07 Å². The summed E-state index contributed by atoms with van der Waals surface area (Å²) in [6.07, 6.45) is 2.52. The number of carbonyl (C=O) groups is 1. The summed E-state index contributed by atoms with van der Waals surface area (Å²) in [5.74, 6) is 0.869. The minimum absolute atomic E-state index is 0.0994. The van der Waals surface area contributed by atoms with Gasteiger partial charge in [0.15, 0.2) is 5.82 Å². The SMILES string of the molecule is O=C(Nc1cn(Cc2ccccc2)nn1)NC1C2Cc3cc(F)ccc3C21. The highest BCUT2D eigenvalue weighted by atomic mass is 19.1. The van der Waals surface area contributed by atoms with E-state index in [1.807, 2.05) is 36.4 Å². The zero-order chi connectivity index (χ0) is 18.4. The molecule has 0 spiro atoms. The van der Waals surface area contributed by atoms with E-state index in [0.717, 1.165) is 23.1 Å². The molecule has 1 heterocycles. The number of fused-ring (bicyclic) bond motifs is 3. The Balaban J connectivity index is 1.18. The van der Waals surface area contributed by atoms with Crippen LogP contribution in [0.25, 0.3) is 0 Å². The quantitative estimate of drug-likeness (QED) is 0.749. The van der Waals surface area contributed by atoms with E-state index in [4.69, 9.17) is 0 Å². The first-order chi connectivity index (χ1) is 13.2. The molecule has 2 N–H and O–H groups in total. The Bertz CT molecular complexity index is 1000. The van der Waals surface area contributed by atoms with Crippen molar-refractivity contribution in [2.75, 3.05) is 5.32 Å². The van der Waals surface area contributed by atoms with Gasteiger partial charge in [-0.05, 0) is 41.2 Å². The van der Waals surface area contributed by atoms with Gasteiger partial charge in [-0.1, -0.05) is 41.6 Å². The number of anilines is 1. The van der Waals surface area contributed by atoms with Crippen LogP contribution in [-0.2, 0) is 13.0 Å². The topological polar surface area (TPSA) is 71.8 Å². The molecule has 2 aromatic carbocycles. The molecule has 5 rings (SSSR count). The van der Waals surface area contributed by atoms with Gasteiger partial charge in [0, 0.05) is 12.0 Å². The van der Waals surface area contributed by atoms with Gasteiger partial charge in [-0.25, -0.2) is 13.9 Å². The van der Waals surface area contributed by atoms with Gasteiger partial charge in [0.2, 0.25) is 0 Å². The smallest absolute Gasteiger partial charge is 0.320 e. The lowest BCUT2D eigenvalue weighted by molar-refractivity contribution is 0.251. The predicted molar refractivity (Wildman–Crippen MR) is 97.8 cm³/mol. The van der Waals surface area contributed by atoms with Crippen LogP contribution in [0.1, 0.15) is 22.6 Å². The number of benzene rings is 2. The third-order valence-corrected chi connectivity index (χ3v) is 5.35. The van der Waals surface area contributed by atoms with Crippen molar-refractivity contribution >= 4 is 11.8 Å². The van der Waals surface area contributed by atoms with Crippen molar-refractivity contribution in [3.63, 3.8) is 0 Å². The minimum atomic E-state index is -0.287. The van der Waals surface area contributed by atoms with E-state index in [9.17, 15) is 9.18 Å². The second-order valence-corrected chi connectivity index (χ2v) is 7.15. The summed E-state index contributed by atoms with van der Waals surface area (Å²) in [5.41, 5.74) is 3.33. The van der Waals surface area contributed by atoms with E-state index >= 15 is 0 Å². The summed E-state index contributed by atoms with van der Waals surface area (Å²) in [7, 11) is 0. The monoisotopic (exact) mass is 363 g/mol. The molecule has 0 aliphatic heterocycles. The zero-order valence-electron chi connectivity index (χ0n) is 14.5. The summed E-state index contributed by atoms with van der Waals surface area (Å²) in [6, 6.07) is 14.7. The highest BCUT2D eigenvalue weighted by Gasteiger charge is 2.56. The lowest BCUT2D eigenvalue weighted by Gasteiger charge is -2.09. The lowest BCUT2D eigenvalue weighted by atomic mass is 10.0. The number of nitrogens with one attached hydrogen (secondary N) is 2. The van der Waals surface area contributed by atoms with Crippen LogP contribution in [0.15, 0.2) is 54.7 Å².